The normalized spacial score (nSPS) is 16.7. The maximum absolute atomic E-state index is 13.0. The van der Waals surface area contributed by atoms with Gasteiger partial charge in [-0.2, -0.15) is 13.2 Å². The van der Waals surface area contributed by atoms with Gasteiger partial charge < -0.3 is 0 Å². The van der Waals surface area contributed by atoms with E-state index in [2.05, 4.69) is 56.0 Å². The molecule has 1 heterocycles. The van der Waals surface area contributed by atoms with Gasteiger partial charge >= 0.3 is 6.18 Å². The summed E-state index contributed by atoms with van der Waals surface area (Å²) in [4.78, 5) is 2.38. The van der Waals surface area contributed by atoms with Gasteiger partial charge in [0.25, 0.3) is 0 Å². The Kier molecular flexibility index (Phi) is 6.84. The molecule has 0 aromatic heterocycles. The predicted octanol–water partition coefficient (Wildman–Crippen LogP) is 6.80. The zero-order chi connectivity index (χ0) is 21.0. The van der Waals surface area contributed by atoms with E-state index in [1.165, 1.54) is 23.3 Å². The van der Waals surface area contributed by atoms with Crippen molar-refractivity contribution >= 4 is 5.57 Å². The maximum Gasteiger partial charge on any atom is 0.416 e. The Morgan fingerprint density at radius 3 is 2.31 bits per heavy atom. The van der Waals surface area contributed by atoms with Crippen molar-refractivity contribution in [1.82, 2.24) is 4.90 Å². The van der Waals surface area contributed by atoms with Gasteiger partial charge in [-0.3, -0.25) is 4.90 Å². The van der Waals surface area contributed by atoms with Crippen LogP contribution >= 0.6 is 0 Å². The van der Waals surface area contributed by atoms with E-state index < -0.39 is 11.7 Å². The van der Waals surface area contributed by atoms with Crippen LogP contribution in [0.25, 0.3) is 5.57 Å². The number of hydrogen-bond acceptors (Lipinski definition) is 1. The van der Waals surface area contributed by atoms with Gasteiger partial charge in [0.1, 0.15) is 0 Å². The summed E-state index contributed by atoms with van der Waals surface area (Å²) in [6.07, 6.45) is -0.333. The molecule has 0 saturated carbocycles. The number of nitrogens with zero attached hydrogens (tertiary/aromatic N) is 1. The van der Waals surface area contributed by atoms with Crippen molar-refractivity contribution in [2.24, 2.45) is 5.92 Å². The van der Waals surface area contributed by atoms with E-state index in [9.17, 15) is 13.2 Å². The van der Waals surface area contributed by atoms with E-state index in [1.54, 1.807) is 6.07 Å². The quantitative estimate of drug-likeness (QED) is 0.515. The number of halogens is 3. The highest BCUT2D eigenvalue weighted by molar-refractivity contribution is 5.67. The molecule has 4 heteroatoms. The maximum atomic E-state index is 13.0. The monoisotopic (exact) mass is 401 g/mol. The lowest BCUT2D eigenvalue weighted by molar-refractivity contribution is -0.137. The summed E-state index contributed by atoms with van der Waals surface area (Å²) in [6.45, 7) is 9.31. The Labute approximate surface area is 172 Å². The molecule has 1 atom stereocenters. The minimum absolute atomic E-state index is 0.423. The van der Waals surface area contributed by atoms with Crippen LogP contribution in [0.15, 0.2) is 54.6 Å². The van der Waals surface area contributed by atoms with Crippen molar-refractivity contribution in [2.45, 2.75) is 45.7 Å². The van der Waals surface area contributed by atoms with Gasteiger partial charge in [0, 0.05) is 19.6 Å². The van der Waals surface area contributed by atoms with Gasteiger partial charge in [-0.1, -0.05) is 63.2 Å². The number of benzene rings is 2. The molecule has 0 fully saturated rings. The van der Waals surface area contributed by atoms with Gasteiger partial charge in [0.05, 0.1) is 5.56 Å². The van der Waals surface area contributed by atoms with Crippen LogP contribution < -0.4 is 0 Å². The molecule has 0 aliphatic carbocycles. The Bertz CT molecular complexity index is 834. The lowest BCUT2D eigenvalue weighted by Crippen LogP contribution is -2.32. The fourth-order valence-corrected chi connectivity index (χ4v) is 3.98. The zero-order valence-electron chi connectivity index (χ0n) is 17.5. The van der Waals surface area contributed by atoms with Crippen molar-refractivity contribution < 1.29 is 13.2 Å². The van der Waals surface area contributed by atoms with Gasteiger partial charge in [-0.15, -0.1) is 0 Å². The molecular weight excluding hydrogens is 371 g/mol. The fourth-order valence-electron chi connectivity index (χ4n) is 3.98. The van der Waals surface area contributed by atoms with Crippen LogP contribution in [0.5, 0.6) is 0 Å². The standard InChI is InChI=1S/C25H30F3N/c1-18(2)15-20-7-9-21(10-8-20)19(3)17-29-13-11-22(12-14-29)23-5-4-6-24(16-23)25(26,27)28/h4-11,16,18-19H,12-15,17H2,1-3H3/t19-/m1/s1. The Balaban J connectivity index is 1.59. The predicted molar refractivity (Wildman–Crippen MR) is 114 cm³/mol. The lowest BCUT2D eigenvalue weighted by atomic mass is 9.94. The van der Waals surface area contributed by atoms with E-state index >= 15 is 0 Å². The summed E-state index contributed by atoms with van der Waals surface area (Å²) in [5, 5.41) is 0. The molecule has 1 nitrogen and oxygen atoms in total. The largest absolute Gasteiger partial charge is 0.416 e. The molecular formula is C25H30F3N. The number of rotatable bonds is 6. The molecule has 2 aromatic rings. The summed E-state index contributed by atoms with van der Waals surface area (Å²) in [6, 6.07) is 14.6. The van der Waals surface area contributed by atoms with Crippen LogP contribution in [-0.4, -0.2) is 24.5 Å². The molecule has 0 saturated heterocycles. The third-order valence-corrected chi connectivity index (χ3v) is 5.58. The molecule has 0 radical (unpaired) electrons. The second-order valence-electron chi connectivity index (χ2n) is 8.56. The van der Waals surface area contributed by atoms with Crippen molar-refractivity contribution in [2.75, 3.05) is 19.6 Å². The molecule has 0 amide bonds. The van der Waals surface area contributed by atoms with E-state index in [0.717, 1.165) is 44.1 Å². The average Bonchev–Trinajstić information content (AvgIpc) is 2.68. The zero-order valence-corrected chi connectivity index (χ0v) is 17.5. The summed E-state index contributed by atoms with van der Waals surface area (Å²) >= 11 is 0. The van der Waals surface area contributed by atoms with Crippen LogP contribution in [0, 0.1) is 5.92 Å². The van der Waals surface area contributed by atoms with Gasteiger partial charge in [0.15, 0.2) is 0 Å². The molecule has 0 bridgehead atoms. The highest BCUT2D eigenvalue weighted by Gasteiger charge is 2.30. The molecule has 3 rings (SSSR count). The second kappa shape index (κ2) is 9.17. The van der Waals surface area contributed by atoms with Crippen LogP contribution in [0.3, 0.4) is 0 Å². The summed E-state index contributed by atoms with van der Waals surface area (Å²) < 4.78 is 38.9. The third kappa shape index (κ3) is 5.96. The van der Waals surface area contributed by atoms with Crippen LogP contribution in [0.4, 0.5) is 13.2 Å². The first-order chi connectivity index (χ1) is 13.7. The van der Waals surface area contributed by atoms with E-state index in [1.807, 2.05) is 0 Å². The molecule has 156 valence electrons. The van der Waals surface area contributed by atoms with Crippen molar-refractivity contribution in [3.8, 4) is 0 Å². The summed E-state index contributed by atoms with van der Waals surface area (Å²) in [5.41, 5.74) is 3.84. The van der Waals surface area contributed by atoms with Crippen LogP contribution in [0.1, 0.15) is 55.4 Å². The Morgan fingerprint density at radius 2 is 1.72 bits per heavy atom. The van der Waals surface area contributed by atoms with Gasteiger partial charge in [-0.05, 0) is 59.1 Å². The van der Waals surface area contributed by atoms with Crippen LogP contribution in [-0.2, 0) is 12.6 Å². The van der Waals surface area contributed by atoms with Crippen molar-refractivity contribution in [3.63, 3.8) is 0 Å². The fraction of sp³-hybridized carbons (Fsp3) is 0.440. The number of alkyl halides is 3. The van der Waals surface area contributed by atoms with Crippen molar-refractivity contribution in [1.29, 1.82) is 0 Å². The van der Waals surface area contributed by atoms with E-state index in [0.29, 0.717) is 17.4 Å². The first-order valence-corrected chi connectivity index (χ1v) is 10.4. The molecule has 1 aliphatic heterocycles. The van der Waals surface area contributed by atoms with E-state index in [4.69, 9.17) is 0 Å². The minimum Gasteiger partial charge on any atom is -0.299 e. The average molecular weight is 402 g/mol. The van der Waals surface area contributed by atoms with Gasteiger partial charge in [0.2, 0.25) is 0 Å². The third-order valence-electron chi connectivity index (χ3n) is 5.58. The molecule has 29 heavy (non-hydrogen) atoms. The first kappa shape index (κ1) is 21.6. The molecule has 0 N–H and O–H groups in total. The molecule has 0 unspecified atom stereocenters. The van der Waals surface area contributed by atoms with E-state index in [-0.39, 0.29) is 0 Å². The topological polar surface area (TPSA) is 3.24 Å². The summed E-state index contributed by atoms with van der Waals surface area (Å²) in [5.74, 6) is 1.08. The van der Waals surface area contributed by atoms with Crippen molar-refractivity contribution in [3.05, 3.63) is 76.9 Å². The highest BCUT2D eigenvalue weighted by atomic mass is 19.4. The van der Waals surface area contributed by atoms with Gasteiger partial charge in [-0.25, -0.2) is 0 Å². The van der Waals surface area contributed by atoms with Crippen LogP contribution in [0.2, 0.25) is 0 Å². The Morgan fingerprint density at radius 1 is 1.00 bits per heavy atom. The second-order valence-corrected chi connectivity index (χ2v) is 8.56. The number of hydrogen-bond donors (Lipinski definition) is 0. The molecule has 0 spiro atoms. The molecule has 1 aliphatic rings. The first-order valence-electron chi connectivity index (χ1n) is 10.4. The highest BCUT2D eigenvalue weighted by Crippen LogP contribution is 2.32. The smallest absolute Gasteiger partial charge is 0.299 e. The molecule has 2 aromatic carbocycles. The minimum atomic E-state index is -4.29. The Hall–Kier alpha value is -2.07. The SMILES string of the molecule is CC(C)Cc1ccc([C@H](C)CN2CC=C(c3cccc(C(F)(F)F)c3)CC2)cc1. The summed E-state index contributed by atoms with van der Waals surface area (Å²) in [7, 11) is 0. The lowest BCUT2D eigenvalue weighted by Gasteiger charge is -2.29.